The monoisotopic (exact) mass is 493 g/mol. The molecule has 3 aromatic rings. The average Bonchev–Trinajstić information content (AvgIpc) is 3.52. The summed E-state index contributed by atoms with van der Waals surface area (Å²) in [6.07, 6.45) is 2.47. The number of fused-ring (bicyclic) bond motifs is 1. The number of benzene rings is 2. The maximum atomic E-state index is 13.2. The highest BCUT2D eigenvalue weighted by Gasteiger charge is 2.32. The summed E-state index contributed by atoms with van der Waals surface area (Å²) in [4.78, 5) is 21.5. The lowest BCUT2D eigenvalue weighted by Crippen LogP contribution is -2.25. The zero-order valence-electron chi connectivity index (χ0n) is 19.5. The lowest BCUT2D eigenvalue weighted by molar-refractivity contribution is 0.0992. The summed E-state index contributed by atoms with van der Waals surface area (Å²) in [5.41, 5.74) is 1.45. The Morgan fingerprint density at radius 2 is 1.74 bits per heavy atom. The summed E-state index contributed by atoms with van der Waals surface area (Å²) in [6, 6.07) is 16.6. The fourth-order valence-electron chi connectivity index (χ4n) is 4.47. The van der Waals surface area contributed by atoms with Crippen LogP contribution in [0.25, 0.3) is 0 Å². The molecule has 3 heterocycles. The van der Waals surface area contributed by atoms with Crippen LogP contribution in [0.3, 0.4) is 0 Å². The lowest BCUT2D eigenvalue weighted by Gasteiger charge is -2.19. The summed E-state index contributed by atoms with van der Waals surface area (Å²) < 4.78 is 37.4. The molecule has 2 aliphatic heterocycles. The van der Waals surface area contributed by atoms with Gasteiger partial charge in [0.05, 0.1) is 18.6 Å². The second kappa shape index (κ2) is 9.67. The van der Waals surface area contributed by atoms with Crippen molar-refractivity contribution >= 4 is 21.4 Å². The Morgan fingerprint density at radius 1 is 0.971 bits per heavy atom. The van der Waals surface area contributed by atoms with Crippen molar-refractivity contribution < 1.29 is 22.7 Å². The van der Waals surface area contributed by atoms with Gasteiger partial charge in [0.15, 0.2) is 16.5 Å². The van der Waals surface area contributed by atoms with Gasteiger partial charge in [0.2, 0.25) is 9.84 Å². The van der Waals surface area contributed by atoms with Gasteiger partial charge in [0.1, 0.15) is 12.3 Å². The van der Waals surface area contributed by atoms with Gasteiger partial charge >= 0.3 is 0 Å². The van der Waals surface area contributed by atoms with E-state index in [0.29, 0.717) is 35.9 Å². The number of carbonyl (C=O) groups is 1. The van der Waals surface area contributed by atoms with Crippen LogP contribution in [0.5, 0.6) is 11.5 Å². The van der Waals surface area contributed by atoms with Gasteiger partial charge in [-0.2, -0.15) is 0 Å². The number of likely N-dealkylation sites (tertiary alicyclic amines) is 1. The number of hydrogen-bond acceptors (Lipinski definition) is 7. The van der Waals surface area contributed by atoms with E-state index in [4.69, 9.17) is 9.47 Å². The highest BCUT2D eigenvalue weighted by atomic mass is 32.2. The maximum Gasteiger partial charge on any atom is 0.277 e. The molecule has 0 atom stereocenters. The van der Waals surface area contributed by atoms with Crippen LogP contribution in [0.4, 0.5) is 5.69 Å². The molecule has 5 rings (SSSR count). The van der Waals surface area contributed by atoms with E-state index >= 15 is 0 Å². The molecule has 0 saturated carbocycles. The fourth-order valence-corrected chi connectivity index (χ4v) is 5.68. The van der Waals surface area contributed by atoms with Crippen molar-refractivity contribution in [3.63, 3.8) is 0 Å². The molecular formula is C26H27N3O5S. The second-order valence-corrected chi connectivity index (χ2v) is 10.5. The van der Waals surface area contributed by atoms with Gasteiger partial charge in [-0.05, 0) is 56.3 Å². The van der Waals surface area contributed by atoms with Crippen molar-refractivity contribution in [2.45, 2.75) is 29.3 Å². The van der Waals surface area contributed by atoms with Gasteiger partial charge in [-0.15, -0.1) is 0 Å². The van der Waals surface area contributed by atoms with Crippen LogP contribution in [0.1, 0.15) is 28.9 Å². The largest absolute Gasteiger partial charge is 0.493 e. The molecule has 0 aliphatic carbocycles. The number of carbonyl (C=O) groups excluding carboxylic acids is 1. The minimum absolute atomic E-state index is 0.139. The summed E-state index contributed by atoms with van der Waals surface area (Å²) >= 11 is 0. The molecule has 8 nitrogen and oxygen atoms in total. The third-order valence-electron chi connectivity index (χ3n) is 6.38. The van der Waals surface area contributed by atoms with Crippen LogP contribution in [0.15, 0.2) is 70.6 Å². The minimum atomic E-state index is -3.82. The van der Waals surface area contributed by atoms with E-state index in [-0.39, 0.29) is 21.5 Å². The highest BCUT2D eigenvalue weighted by molar-refractivity contribution is 7.91. The van der Waals surface area contributed by atoms with Crippen LogP contribution in [0, 0.1) is 0 Å². The topological polar surface area (TPSA) is 89.0 Å². The Labute approximate surface area is 205 Å². The average molecular weight is 494 g/mol. The Kier molecular flexibility index (Phi) is 6.44. The number of nitrogens with zero attached hydrogens (tertiary/aromatic N) is 3. The number of pyridine rings is 1. The van der Waals surface area contributed by atoms with Crippen LogP contribution < -0.4 is 14.4 Å². The van der Waals surface area contributed by atoms with Crippen LogP contribution >= 0.6 is 0 Å². The molecule has 1 amide bonds. The molecule has 0 bridgehead atoms. The molecule has 0 unspecified atom stereocenters. The summed E-state index contributed by atoms with van der Waals surface area (Å²) in [5.74, 6) is 0.803. The lowest BCUT2D eigenvalue weighted by atomic mass is 10.2. The third kappa shape index (κ3) is 4.61. The van der Waals surface area contributed by atoms with Gasteiger partial charge in [0, 0.05) is 23.9 Å². The zero-order chi connectivity index (χ0) is 24.4. The summed E-state index contributed by atoms with van der Waals surface area (Å²) in [7, 11) is -2.25. The van der Waals surface area contributed by atoms with Crippen molar-refractivity contribution in [3.8, 4) is 11.5 Å². The first-order chi connectivity index (χ1) is 17.0. The smallest absolute Gasteiger partial charge is 0.277 e. The molecule has 182 valence electrons. The number of rotatable bonds is 8. The molecule has 2 aromatic carbocycles. The van der Waals surface area contributed by atoms with Crippen molar-refractivity contribution in [1.29, 1.82) is 0 Å². The van der Waals surface area contributed by atoms with Crippen LogP contribution in [-0.4, -0.2) is 57.6 Å². The molecular weight excluding hydrogens is 466 g/mol. The van der Waals surface area contributed by atoms with Crippen LogP contribution in [-0.2, 0) is 16.4 Å². The molecule has 9 heteroatoms. The van der Waals surface area contributed by atoms with E-state index in [2.05, 4.69) is 9.88 Å². The molecule has 1 fully saturated rings. The number of ether oxygens (including phenoxy) is 2. The minimum Gasteiger partial charge on any atom is -0.493 e. The van der Waals surface area contributed by atoms with Crippen LogP contribution in [0.2, 0.25) is 0 Å². The van der Waals surface area contributed by atoms with Crippen molar-refractivity contribution in [1.82, 2.24) is 9.88 Å². The van der Waals surface area contributed by atoms with Crippen molar-refractivity contribution in [2.75, 3.05) is 38.3 Å². The van der Waals surface area contributed by atoms with E-state index < -0.39 is 9.84 Å². The number of methoxy groups -OCH3 is 1. The first-order valence-corrected chi connectivity index (χ1v) is 13.1. The third-order valence-corrected chi connectivity index (χ3v) is 8.05. The van der Waals surface area contributed by atoms with Gasteiger partial charge in [-0.1, -0.05) is 24.3 Å². The number of anilines is 1. The van der Waals surface area contributed by atoms with Crippen molar-refractivity contribution in [2.24, 2.45) is 0 Å². The Bertz CT molecular complexity index is 1340. The predicted molar refractivity (Wildman–Crippen MR) is 131 cm³/mol. The normalized spacial score (nSPS) is 15.9. The summed E-state index contributed by atoms with van der Waals surface area (Å²) in [5, 5.41) is -0.142. The van der Waals surface area contributed by atoms with E-state index in [9.17, 15) is 13.2 Å². The molecule has 1 saturated heterocycles. The Balaban J connectivity index is 1.34. The first-order valence-electron chi connectivity index (χ1n) is 11.6. The first kappa shape index (κ1) is 23.3. The van der Waals surface area contributed by atoms with Crippen molar-refractivity contribution in [3.05, 3.63) is 71.9 Å². The molecule has 1 aromatic heterocycles. The summed E-state index contributed by atoms with van der Waals surface area (Å²) in [6.45, 7) is 3.95. The van der Waals surface area contributed by atoms with Gasteiger partial charge in [0.25, 0.3) is 5.91 Å². The van der Waals surface area contributed by atoms with E-state index in [0.717, 1.165) is 19.6 Å². The second-order valence-electron chi connectivity index (χ2n) is 8.60. The van der Waals surface area contributed by atoms with Gasteiger partial charge < -0.3 is 14.4 Å². The highest BCUT2D eigenvalue weighted by Crippen LogP contribution is 2.35. The molecule has 0 radical (unpaired) electrons. The maximum absolute atomic E-state index is 13.2. The Morgan fingerprint density at radius 3 is 2.49 bits per heavy atom. The number of amides is 1. The zero-order valence-corrected chi connectivity index (χ0v) is 20.3. The number of hydrogen-bond donors (Lipinski definition) is 0. The SMILES string of the molecule is COc1cc(N2Cc3ccc(S(=O)(=O)c4ccccc4)nc3C2=O)ccc1OCCN1CCCC1. The van der Waals surface area contributed by atoms with E-state index in [1.165, 1.54) is 31.0 Å². The van der Waals surface area contributed by atoms with Gasteiger partial charge in [-0.3, -0.25) is 9.69 Å². The molecule has 0 N–H and O–H groups in total. The molecule has 35 heavy (non-hydrogen) atoms. The standard InChI is InChI=1S/C26H27N3O5S/c1-33-23-17-20(10-11-22(23)34-16-15-28-13-5-6-14-28)29-18-19-9-12-24(27-25(19)26(29)30)35(31,32)21-7-3-2-4-8-21/h2-4,7-12,17H,5-6,13-16,18H2,1H3. The predicted octanol–water partition coefficient (Wildman–Crippen LogP) is 3.56. The Hall–Kier alpha value is -3.43. The van der Waals surface area contributed by atoms with E-state index in [1.54, 1.807) is 54.5 Å². The number of sulfone groups is 1. The number of aromatic nitrogens is 1. The molecule has 0 spiro atoms. The fraction of sp³-hybridized carbons (Fsp3) is 0.308. The molecule has 2 aliphatic rings. The quantitative estimate of drug-likeness (QED) is 0.474. The van der Waals surface area contributed by atoms with E-state index in [1.807, 2.05) is 0 Å². The van der Waals surface area contributed by atoms with Gasteiger partial charge in [-0.25, -0.2) is 13.4 Å².